The second kappa shape index (κ2) is 10.2. The molecule has 1 amide bonds. The maximum atomic E-state index is 12.3. The van der Waals surface area contributed by atoms with Gasteiger partial charge in [0, 0.05) is 23.4 Å². The fourth-order valence-electron chi connectivity index (χ4n) is 2.98. The van der Waals surface area contributed by atoms with Crippen LogP contribution in [-0.4, -0.2) is 53.6 Å². The van der Waals surface area contributed by atoms with Gasteiger partial charge < -0.3 is 19.9 Å². The molecule has 2 N–H and O–H groups in total. The van der Waals surface area contributed by atoms with Crippen molar-refractivity contribution in [2.75, 3.05) is 20.8 Å². The Hall–Kier alpha value is -3.91. The van der Waals surface area contributed by atoms with Crippen molar-refractivity contribution in [2.24, 2.45) is 0 Å². The van der Waals surface area contributed by atoms with Crippen molar-refractivity contribution >= 4 is 18.0 Å². The van der Waals surface area contributed by atoms with E-state index in [1.807, 2.05) is 54.6 Å². The van der Waals surface area contributed by atoms with E-state index in [0.29, 0.717) is 17.0 Å². The van der Waals surface area contributed by atoms with Crippen molar-refractivity contribution in [3.8, 4) is 22.7 Å². The molecule has 3 rings (SSSR count). The highest BCUT2D eigenvalue weighted by Crippen LogP contribution is 2.32. The van der Waals surface area contributed by atoms with Gasteiger partial charge in [-0.1, -0.05) is 30.3 Å². The normalized spacial score (nSPS) is 11.8. The molecule has 0 fully saturated rings. The number of nitrogens with zero attached hydrogens (tertiary/aromatic N) is 2. The van der Waals surface area contributed by atoms with Crippen LogP contribution in [0.2, 0.25) is 0 Å². The zero-order valence-corrected chi connectivity index (χ0v) is 17.2. The third kappa shape index (κ3) is 5.18. The largest absolute Gasteiger partial charge is 0.496 e. The fraction of sp³-hybridized carbons (Fsp3) is 0.174. The monoisotopic (exact) mass is 421 g/mol. The molecule has 8 heteroatoms. The van der Waals surface area contributed by atoms with E-state index >= 15 is 0 Å². The quantitative estimate of drug-likeness (QED) is 0.427. The lowest BCUT2D eigenvalue weighted by molar-refractivity contribution is -0.145. The molecule has 0 aliphatic rings. The van der Waals surface area contributed by atoms with E-state index in [9.17, 15) is 14.7 Å². The summed E-state index contributed by atoms with van der Waals surface area (Å²) in [6.45, 7) is -0.565. The minimum atomic E-state index is -1.14. The first-order chi connectivity index (χ1) is 15.1. The number of benzene rings is 2. The molecule has 3 aromatic rings. The van der Waals surface area contributed by atoms with Crippen LogP contribution in [0.3, 0.4) is 0 Å². The average Bonchev–Trinajstić information content (AvgIpc) is 3.25. The van der Waals surface area contributed by atoms with Crippen LogP contribution in [0.5, 0.6) is 5.75 Å². The molecule has 31 heavy (non-hydrogen) atoms. The number of methoxy groups -OCH3 is 2. The van der Waals surface area contributed by atoms with E-state index < -0.39 is 24.5 Å². The third-order valence-corrected chi connectivity index (χ3v) is 4.52. The van der Waals surface area contributed by atoms with Gasteiger partial charge in [0.1, 0.15) is 11.4 Å². The van der Waals surface area contributed by atoms with E-state index in [2.05, 4.69) is 10.1 Å². The Kier molecular flexibility index (Phi) is 7.18. The van der Waals surface area contributed by atoms with Gasteiger partial charge in [-0.05, 0) is 30.3 Å². The van der Waals surface area contributed by atoms with Gasteiger partial charge in [-0.15, -0.1) is 0 Å². The Labute approximate surface area is 179 Å². The Balaban J connectivity index is 1.96. The molecule has 8 nitrogen and oxygen atoms in total. The molecule has 2 aromatic carbocycles. The Bertz CT molecular complexity index is 1080. The first-order valence-corrected chi connectivity index (χ1v) is 9.53. The van der Waals surface area contributed by atoms with Crippen LogP contribution in [-0.2, 0) is 14.3 Å². The number of aliphatic hydroxyl groups excluding tert-OH is 1. The number of carbonyl (C=O) groups is 2. The Morgan fingerprint density at radius 2 is 1.84 bits per heavy atom. The molecule has 1 heterocycles. The molecule has 0 saturated heterocycles. The average molecular weight is 421 g/mol. The van der Waals surface area contributed by atoms with Crippen LogP contribution in [0.4, 0.5) is 0 Å². The summed E-state index contributed by atoms with van der Waals surface area (Å²) in [4.78, 5) is 23.9. The molecular weight excluding hydrogens is 398 g/mol. The molecule has 0 aliphatic heterocycles. The smallest absolute Gasteiger partial charge is 0.330 e. The van der Waals surface area contributed by atoms with Crippen molar-refractivity contribution in [1.82, 2.24) is 15.1 Å². The number of esters is 1. The summed E-state index contributed by atoms with van der Waals surface area (Å²) in [6, 6.07) is 15.9. The number of amides is 1. The van der Waals surface area contributed by atoms with Gasteiger partial charge in [-0.2, -0.15) is 5.10 Å². The number of ether oxygens (including phenoxy) is 2. The molecule has 0 bridgehead atoms. The van der Waals surface area contributed by atoms with Gasteiger partial charge in [0.2, 0.25) is 5.91 Å². The molecule has 0 spiro atoms. The SMILES string of the molecule is COC(=O)[C@@H](CO)NC(=O)/C=C/c1cn(-c2ccccc2)nc1-c1ccccc1OC. The van der Waals surface area contributed by atoms with Crippen LogP contribution >= 0.6 is 0 Å². The number of hydrogen-bond acceptors (Lipinski definition) is 6. The maximum absolute atomic E-state index is 12.3. The van der Waals surface area contributed by atoms with Crippen LogP contribution < -0.4 is 10.1 Å². The van der Waals surface area contributed by atoms with Gasteiger partial charge in [0.15, 0.2) is 6.04 Å². The summed E-state index contributed by atoms with van der Waals surface area (Å²) in [5.41, 5.74) is 2.91. The lowest BCUT2D eigenvalue weighted by atomic mass is 10.1. The molecule has 160 valence electrons. The number of rotatable bonds is 8. The topological polar surface area (TPSA) is 103 Å². The van der Waals surface area contributed by atoms with Crippen LogP contribution in [0, 0.1) is 0 Å². The van der Waals surface area contributed by atoms with Crippen LogP contribution in [0.25, 0.3) is 23.0 Å². The summed E-state index contributed by atoms with van der Waals surface area (Å²) in [7, 11) is 2.77. The molecule has 1 aromatic heterocycles. The molecule has 0 unspecified atom stereocenters. The van der Waals surface area contributed by atoms with E-state index in [4.69, 9.17) is 9.84 Å². The third-order valence-electron chi connectivity index (χ3n) is 4.52. The first-order valence-electron chi connectivity index (χ1n) is 9.53. The summed E-state index contributed by atoms with van der Waals surface area (Å²) in [5, 5.41) is 16.4. The molecule has 0 saturated carbocycles. The second-order valence-corrected chi connectivity index (χ2v) is 6.51. The summed E-state index contributed by atoms with van der Waals surface area (Å²) in [6.07, 6.45) is 4.66. The molecule has 0 aliphatic carbocycles. The van der Waals surface area contributed by atoms with Crippen molar-refractivity contribution in [2.45, 2.75) is 6.04 Å². The zero-order valence-electron chi connectivity index (χ0n) is 17.2. The summed E-state index contributed by atoms with van der Waals surface area (Å²) < 4.78 is 11.7. The van der Waals surface area contributed by atoms with E-state index in [1.54, 1.807) is 24.1 Å². The number of carbonyl (C=O) groups excluding carboxylic acids is 2. The highest BCUT2D eigenvalue weighted by Gasteiger charge is 2.19. The Morgan fingerprint density at radius 3 is 2.52 bits per heavy atom. The van der Waals surface area contributed by atoms with Crippen LogP contribution in [0.15, 0.2) is 66.9 Å². The number of nitrogens with one attached hydrogen (secondary N) is 1. The van der Waals surface area contributed by atoms with Crippen molar-refractivity contribution < 1.29 is 24.2 Å². The van der Waals surface area contributed by atoms with Crippen molar-refractivity contribution in [3.63, 3.8) is 0 Å². The number of aliphatic hydroxyl groups is 1. The van der Waals surface area contributed by atoms with E-state index in [-0.39, 0.29) is 0 Å². The van der Waals surface area contributed by atoms with Gasteiger partial charge in [0.25, 0.3) is 0 Å². The predicted octanol–water partition coefficient (Wildman–Crippen LogP) is 2.21. The van der Waals surface area contributed by atoms with Gasteiger partial charge in [-0.3, -0.25) is 4.79 Å². The predicted molar refractivity (Wildman–Crippen MR) is 116 cm³/mol. The standard InChI is InChI=1S/C23H23N3O5/c1-30-20-11-7-6-10-18(20)22-16(14-26(25-22)17-8-4-3-5-9-17)12-13-21(28)24-19(15-27)23(29)31-2/h3-14,19,27H,15H2,1-2H3,(H,24,28)/b13-12+/t19-/m1/s1. The number of aromatic nitrogens is 2. The summed E-state index contributed by atoms with van der Waals surface area (Å²) in [5.74, 6) is -0.635. The molecular formula is C23H23N3O5. The lowest BCUT2D eigenvalue weighted by Crippen LogP contribution is -2.43. The van der Waals surface area contributed by atoms with E-state index in [1.165, 1.54) is 13.2 Å². The fourth-order valence-corrected chi connectivity index (χ4v) is 2.98. The first kappa shape index (κ1) is 21.8. The highest BCUT2D eigenvalue weighted by molar-refractivity contribution is 5.95. The van der Waals surface area contributed by atoms with Crippen molar-refractivity contribution in [1.29, 1.82) is 0 Å². The minimum absolute atomic E-state index is 0.553. The second-order valence-electron chi connectivity index (χ2n) is 6.51. The number of para-hydroxylation sites is 2. The van der Waals surface area contributed by atoms with Gasteiger partial charge >= 0.3 is 5.97 Å². The Morgan fingerprint density at radius 1 is 1.13 bits per heavy atom. The van der Waals surface area contributed by atoms with Crippen LogP contribution in [0.1, 0.15) is 5.56 Å². The summed E-state index contributed by atoms with van der Waals surface area (Å²) >= 11 is 0. The zero-order chi connectivity index (χ0) is 22.2. The number of hydrogen-bond donors (Lipinski definition) is 2. The minimum Gasteiger partial charge on any atom is -0.496 e. The highest BCUT2D eigenvalue weighted by atomic mass is 16.5. The molecule has 1 atom stereocenters. The van der Waals surface area contributed by atoms with Crippen molar-refractivity contribution in [3.05, 3.63) is 72.4 Å². The van der Waals surface area contributed by atoms with Gasteiger partial charge in [0.05, 0.1) is 26.5 Å². The van der Waals surface area contributed by atoms with Gasteiger partial charge in [-0.25, -0.2) is 9.48 Å². The van der Waals surface area contributed by atoms with E-state index in [0.717, 1.165) is 11.3 Å². The lowest BCUT2D eigenvalue weighted by Gasteiger charge is -2.12. The maximum Gasteiger partial charge on any atom is 0.330 e. The molecule has 0 radical (unpaired) electrons.